The number of morpholine rings is 1. The van der Waals surface area contributed by atoms with Crippen LogP contribution in [0.5, 0.6) is 0 Å². The van der Waals surface area contributed by atoms with Crippen molar-refractivity contribution in [2.45, 2.75) is 45.8 Å². The fourth-order valence-corrected chi connectivity index (χ4v) is 3.72. The van der Waals surface area contributed by atoms with Gasteiger partial charge in [0.05, 0.1) is 19.6 Å². The summed E-state index contributed by atoms with van der Waals surface area (Å²) in [5.74, 6) is 3.26. The van der Waals surface area contributed by atoms with E-state index in [1.807, 2.05) is 20.8 Å². The number of nitrogens with zero attached hydrogens (tertiary/aromatic N) is 2. The molecule has 0 bridgehead atoms. The minimum atomic E-state index is -1.79. The fraction of sp³-hybridized carbons (Fsp3) is 0.577. The molecular formula is C26H37ClN4O6. The Bertz CT molecular complexity index is 964. The Labute approximate surface area is 223 Å². The summed E-state index contributed by atoms with van der Waals surface area (Å²) in [7, 11) is 0. The lowest BCUT2D eigenvalue weighted by molar-refractivity contribution is -0.173. The number of aliphatic hydroxyl groups is 1. The predicted octanol–water partition coefficient (Wildman–Crippen LogP) is 1.03. The van der Waals surface area contributed by atoms with Crippen molar-refractivity contribution in [3.05, 3.63) is 34.9 Å². The summed E-state index contributed by atoms with van der Waals surface area (Å²) in [5, 5.41) is 26.4. The van der Waals surface area contributed by atoms with Crippen molar-refractivity contribution in [3.8, 4) is 11.8 Å². The molecule has 1 fully saturated rings. The summed E-state index contributed by atoms with van der Waals surface area (Å²) < 4.78 is 5.33. The molecule has 1 aliphatic heterocycles. The van der Waals surface area contributed by atoms with Crippen LogP contribution in [0.2, 0.25) is 5.02 Å². The molecule has 0 radical (unpaired) electrons. The van der Waals surface area contributed by atoms with Crippen molar-refractivity contribution in [2.24, 2.45) is 5.41 Å². The van der Waals surface area contributed by atoms with E-state index in [0.717, 1.165) is 26.1 Å². The maximum Gasteiger partial charge on any atom is 0.276 e. The van der Waals surface area contributed by atoms with Crippen molar-refractivity contribution in [1.82, 2.24) is 20.6 Å². The van der Waals surface area contributed by atoms with E-state index in [-0.39, 0.29) is 17.5 Å². The van der Waals surface area contributed by atoms with Crippen LogP contribution in [0.4, 0.5) is 0 Å². The minimum absolute atomic E-state index is 0.253. The first-order chi connectivity index (χ1) is 17.5. The number of benzene rings is 1. The molecule has 11 heteroatoms. The number of ether oxygens (including phenoxy) is 1. The predicted molar refractivity (Wildman–Crippen MR) is 139 cm³/mol. The van der Waals surface area contributed by atoms with Gasteiger partial charge >= 0.3 is 0 Å². The fourth-order valence-electron chi connectivity index (χ4n) is 3.60. The molecule has 4 N–H and O–H groups in total. The highest BCUT2D eigenvalue weighted by atomic mass is 35.5. The normalized spacial score (nSPS) is 15.6. The van der Waals surface area contributed by atoms with Crippen molar-refractivity contribution in [3.63, 3.8) is 0 Å². The lowest BCUT2D eigenvalue weighted by atomic mass is 9.86. The zero-order valence-electron chi connectivity index (χ0n) is 21.6. The molecule has 2 atom stereocenters. The molecule has 0 spiro atoms. The Morgan fingerprint density at radius 3 is 2.46 bits per heavy atom. The maximum atomic E-state index is 12.8. The molecule has 0 aliphatic carbocycles. The molecule has 0 unspecified atom stereocenters. The Kier molecular flexibility index (Phi) is 12.3. The number of hydrogen-bond acceptors (Lipinski definition) is 7. The third-order valence-electron chi connectivity index (χ3n) is 5.71. The first-order valence-corrected chi connectivity index (χ1v) is 12.6. The van der Waals surface area contributed by atoms with Crippen LogP contribution >= 0.6 is 11.6 Å². The van der Waals surface area contributed by atoms with Gasteiger partial charge < -0.3 is 20.5 Å². The van der Waals surface area contributed by atoms with Gasteiger partial charge in [0.1, 0.15) is 18.7 Å². The third kappa shape index (κ3) is 11.1. The quantitative estimate of drug-likeness (QED) is 0.152. The van der Waals surface area contributed by atoms with E-state index in [0.29, 0.717) is 30.3 Å². The van der Waals surface area contributed by atoms with E-state index in [4.69, 9.17) is 16.3 Å². The number of carbonyl (C=O) groups is 3. The summed E-state index contributed by atoms with van der Waals surface area (Å²) in [4.78, 5) is 39.9. The van der Waals surface area contributed by atoms with Crippen molar-refractivity contribution >= 4 is 29.3 Å². The number of hydroxylamine groups is 2. The van der Waals surface area contributed by atoms with Gasteiger partial charge in [-0.05, 0) is 42.6 Å². The van der Waals surface area contributed by atoms with E-state index in [9.17, 15) is 24.7 Å². The Hall–Kier alpha value is -2.68. The number of amides is 3. The van der Waals surface area contributed by atoms with E-state index >= 15 is 0 Å². The molecule has 1 heterocycles. The average molecular weight is 537 g/mol. The maximum absolute atomic E-state index is 12.8. The van der Waals surface area contributed by atoms with Gasteiger partial charge in [-0.2, -0.15) is 0 Å². The topological polar surface area (TPSA) is 131 Å². The second kappa shape index (κ2) is 14.9. The third-order valence-corrected chi connectivity index (χ3v) is 5.96. The van der Waals surface area contributed by atoms with E-state index in [1.165, 1.54) is 0 Å². The molecule has 1 saturated heterocycles. The second-order valence-electron chi connectivity index (χ2n) is 9.89. The highest BCUT2D eigenvalue weighted by Gasteiger charge is 2.34. The van der Waals surface area contributed by atoms with Crippen LogP contribution in [0.1, 0.15) is 39.2 Å². The Morgan fingerprint density at radius 2 is 1.84 bits per heavy atom. The van der Waals surface area contributed by atoms with Crippen LogP contribution in [0.25, 0.3) is 0 Å². The lowest BCUT2D eigenvalue weighted by Gasteiger charge is -2.31. The summed E-state index contributed by atoms with van der Waals surface area (Å²) >= 11 is 5.81. The number of hydrogen-bond donors (Lipinski definition) is 4. The van der Waals surface area contributed by atoms with Gasteiger partial charge in [-0.15, -0.1) is 0 Å². The molecule has 1 aromatic rings. The Morgan fingerprint density at radius 1 is 1.19 bits per heavy atom. The number of aliphatic hydroxyl groups excluding tert-OH is 1. The van der Waals surface area contributed by atoms with Crippen LogP contribution in [-0.4, -0.2) is 96.1 Å². The Balaban J connectivity index is 1.81. The molecule has 204 valence electrons. The molecule has 1 aromatic carbocycles. The van der Waals surface area contributed by atoms with E-state index in [2.05, 4.69) is 27.4 Å². The monoisotopic (exact) mass is 536 g/mol. The van der Waals surface area contributed by atoms with Gasteiger partial charge in [0.15, 0.2) is 0 Å². The van der Waals surface area contributed by atoms with Crippen LogP contribution in [0.15, 0.2) is 24.3 Å². The molecule has 1 aliphatic rings. The first kappa shape index (κ1) is 30.5. The standard InChI is InChI=1S/C26H37ClN4O6/c1-26(2,3)23(24(34)28-11-5-12-30-14-16-37-17-15-30)29-22(33)18-21(32)25(35)31(36)13-4-6-19-7-9-20(27)10-8-19/h7-10,21,23,32,36H,5,11-18H2,1-3H3,(H,28,34)(H,29,33)/t21-,23+/m0/s1. The highest BCUT2D eigenvalue weighted by Crippen LogP contribution is 2.20. The molecule has 3 amide bonds. The summed E-state index contributed by atoms with van der Waals surface area (Å²) in [6, 6.07) is 5.81. The van der Waals surface area contributed by atoms with Crippen LogP contribution < -0.4 is 10.6 Å². The second-order valence-corrected chi connectivity index (χ2v) is 10.3. The van der Waals surface area contributed by atoms with Crippen LogP contribution in [0.3, 0.4) is 0 Å². The zero-order valence-corrected chi connectivity index (χ0v) is 22.4. The van der Waals surface area contributed by atoms with Gasteiger partial charge in [-0.25, -0.2) is 5.06 Å². The first-order valence-electron chi connectivity index (χ1n) is 12.3. The molecule has 2 rings (SSSR count). The van der Waals surface area contributed by atoms with Gasteiger partial charge in [0.2, 0.25) is 11.8 Å². The summed E-state index contributed by atoms with van der Waals surface area (Å²) in [6.45, 7) is 9.52. The smallest absolute Gasteiger partial charge is 0.276 e. The molecule has 10 nitrogen and oxygen atoms in total. The van der Waals surface area contributed by atoms with Crippen molar-refractivity contribution < 1.29 is 29.4 Å². The highest BCUT2D eigenvalue weighted by molar-refractivity contribution is 6.30. The van der Waals surface area contributed by atoms with Gasteiger partial charge in [0.25, 0.3) is 5.91 Å². The van der Waals surface area contributed by atoms with E-state index < -0.39 is 35.8 Å². The molecule has 37 heavy (non-hydrogen) atoms. The molecule has 0 aromatic heterocycles. The summed E-state index contributed by atoms with van der Waals surface area (Å²) in [6.07, 6.45) is -1.64. The average Bonchev–Trinajstić information content (AvgIpc) is 2.85. The number of halogens is 1. The van der Waals surface area contributed by atoms with Crippen LogP contribution in [-0.2, 0) is 19.1 Å². The van der Waals surface area contributed by atoms with E-state index in [1.54, 1.807) is 24.3 Å². The number of rotatable bonds is 10. The van der Waals surface area contributed by atoms with Gasteiger partial charge in [-0.3, -0.25) is 24.5 Å². The largest absolute Gasteiger partial charge is 0.383 e. The molecule has 0 saturated carbocycles. The molecular weight excluding hydrogens is 500 g/mol. The summed E-state index contributed by atoms with van der Waals surface area (Å²) in [5.41, 5.74) is 0.0249. The van der Waals surface area contributed by atoms with Crippen molar-refractivity contribution in [2.75, 3.05) is 45.9 Å². The van der Waals surface area contributed by atoms with Crippen molar-refractivity contribution in [1.29, 1.82) is 0 Å². The number of carbonyl (C=O) groups excluding carboxylic acids is 3. The van der Waals surface area contributed by atoms with Gasteiger partial charge in [0, 0.05) is 30.2 Å². The van der Waals surface area contributed by atoms with Gasteiger partial charge in [-0.1, -0.05) is 44.2 Å². The SMILES string of the molecule is CC(C)(C)[C@H](NC(=O)C[C@H](O)C(=O)N(O)CC#Cc1ccc(Cl)cc1)C(=O)NCCCN1CCOCC1. The number of nitrogens with one attached hydrogen (secondary N) is 2. The van der Waals surface area contributed by atoms with Crippen LogP contribution in [0, 0.1) is 17.3 Å². The lowest BCUT2D eigenvalue weighted by Crippen LogP contribution is -2.54. The minimum Gasteiger partial charge on any atom is -0.383 e. The zero-order chi connectivity index (χ0) is 27.4.